The van der Waals surface area contributed by atoms with Gasteiger partial charge >= 0.3 is 0 Å². The molecule has 4 rings (SSSR count). The Balaban J connectivity index is 1.40. The number of rotatable bonds is 4. The number of anilines is 1. The quantitative estimate of drug-likeness (QED) is 0.724. The van der Waals surface area contributed by atoms with E-state index < -0.39 is 0 Å². The molecule has 0 unspecified atom stereocenters. The molecule has 0 atom stereocenters. The number of carbonyl (C=O) groups is 1. The van der Waals surface area contributed by atoms with Crippen LogP contribution in [-0.2, 0) is 17.6 Å². The fourth-order valence-corrected chi connectivity index (χ4v) is 3.40. The zero-order valence-corrected chi connectivity index (χ0v) is 14.9. The highest BCUT2D eigenvalue weighted by Crippen LogP contribution is 2.24. The molecule has 1 aliphatic heterocycles. The number of piperazine rings is 1. The monoisotopic (exact) mass is 350 g/mol. The lowest BCUT2D eigenvalue weighted by Crippen LogP contribution is -2.49. The first-order chi connectivity index (χ1) is 12.7. The van der Waals surface area contributed by atoms with E-state index in [1.54, 1.807) is 24.9 Å². The Hall–Kier alpha value is -2.89. The van der Waals surface area contributed by atoms with Gasteiger partial charge in [-0.2, -0.15) is 0 Å². The van der Waals surface area contributed by atoms with E-state index in [-0.39, 0.29) is 5.91 Å². The molecule has 134 valence electrons. The Morgan fingerprint density at radius 2 is 2.04 bits per heavy atom. The van der Waals surface area contributed by atoms with Gasteiger partial charge in [0.25, 0.3) is 0 Å². The van der Waals surface area contributed by atoms with Crippen LogP contribution >= 0.6 is 0 Å². The van der Waals surface area contributed by atoms with E-state index in [1.807, 2.05) is 4.90 Å². The first-order valence-electron chi connectivity index (χ1n) is 9.02. The molecular formula is C20H22N4O2. The van der Waals surface area contributed by atoms with E-state index in [1.165, 1.54) is 5.56 Å². The molecule has 1 aromatic carbocycles. The highest BCUT2D eigenvalue weighted by Gasteiger charge is 2.23. The molecular weight excluding hydrogens is 328 g/mol. The van der Waals surface area contributed by atoms with Gasteiger partial charge in [-0.15, -0.1) is 0 Å². The summed E-state index contributed by atoms with van der Waals surface area (Å²) in [5.74, 6) is 1.01. The molecule has 6 nitrogen and oxygen atoms in total. The third-order valence-electron chi connectivity index (χ3n) is 4.98. The minimum absolute atomic E-state index is 0.145. The summed E-state index contributed by atoms with van der Waals surface area (Å²) in [7, 11) is 0. The number of aryl methyl sites for hydroxylation is 1. The maximum absolute atomic E-state index is 12.7. The van der Waals surface area contributed by atoms with Gasteiger partial charge in [-0.3, -0.25) is 9.78 Å². The van der Waals surface area contributed by atoms with Gasteiger partial charge in [-0.1, -0.05) is 19.1 Å². The molecule has 1 fully saturated rings. The maximum Gasteiger partial charge on any atom is 0.227 e. The second-order valence-corrected chi connectivity index (χ2v) is 6.55. The molecule has 2 aromatic heterocycles. The van der Waals surface area contributed by atoms with Crippen LogP contribution in [0.3, 0.4) is 0 Å². The van der Waals surface area contributed by atoms with Gasteiger partial charge < -0.3 is 14.2 Å². The van der Waals surface area contributed by atoms with Crippen molar-refractivity contribution in [2.75, 3.05) is 31.1 Å². The molecule has 0 bridgehead atoms. The zero-order valence-electron chi connectivity index (χ0n) is 14.9. The van der Waals surface area contributed by atoms with Gasteiger partial charge in [-0.05, 0) is 18.1 Å². The van der Waals surface area contributed by atoms with Crippen molar-refractivity contribution in [3.05, 3.63) is 54.2 Å². The Morgan fingerprint density at radius 1 is 1.19 bits per heavy atom. The number of benzene rings is 1. The third-order valence-corrected chi connectivity index (χ3v) is 4.98. The number of aromatic nitrogens is 2. The smallest absolute Gasteiger partial charge is 0.227 e. The van der Waals surface area contributed by atoms with E-state index in [9.17, 15) is 4.79 Å². The molecule has 3 heterocycles. The van der Waals surface area contributed by atoms with Crippen molar-refractivity contribution in [2.24, 2.45) is 0 Å². The van der Waals surface area contributed by atoms with Crippen molar-refractivity contribution in [3.8, 4) is 0 Å². The topological polar surface area (TPSA) is 62.5 Å². The number of hydrogen-bond acceptors (Lipinski definition) is 5. The van der Waals surface area contributed by atoms with Crippen molar-refractivity contribution < 1.29 is 9.21 Å². The van der Waals surface area contributed by atoms with E-state index in [0.29, 0.717) is 19.5 Å². The normalized spacial score (nSPS) is 14.8. The van der Waals surface area contributed by atoms with Crippen molar-refractivity contribution in [2.45, 2.75) is 19.8 Å². The predicted octanol–water partition coefficient (Wildman–Crippen LogP) is 2.68. The highest BCUT2D eigenvalue weighted by atomic mass is 16.3. The van der Waals surface area contributed by atoms with Crippen LogP contribution < -0.4 is 4.90 Å². The zero-order chi connectivity index (χ0) is 17.9. The molecule has 0 spiro atoms. The van der Waals surface area contributed by atoms with Gasteiger partial charge in [0.1, 0.15) is 11.4 Å². The summed E-state index contributed by atoms with van der Waals surface area (Å²) in [6, 6.07) is 6.22. The largest absolute Gasteiger partial charge is 0.464 e. The van der Waals surface area contributed by atoms with Crippen molar-refractivity contribution >= 4 is 22.7 Å². The van der Waals surface area contributed by atoms with Gasteiger partial charge in [0.2, 0.25) is 5.91 Å². The van der Waals surface area contributed by atoms with Gasteiger partial charge in [0.05, 0.1) is 18.9 Å². The van der Waals surface area contributed by atoms with Crippen LogP contribution in [0.1, 0.15) is 18.1 Å². The minimum atomic E-state index is 0.145. The Labute approximate surface area is 152 Å². The summed E-state index contributed by atoms with van der Waals surface area (Å²) in [4.78, 5) is 25.2. The molecule has 0 N–H and O–H groups in total. The molecule has 0 radical (unpaired) electrons. The number of hydrogen-bond donors (Lipinski definition) is 0. The molecule has 0 saturated carbocycles. The first kappa shape index (κ1) is 16.6. The van der Waals surface area contributed by atoms with Gasteiger partial charge in [0, 0.05) is 49.5 Å². The van der Waals surface area contributed by atoms with E-state index in [2.05, 4.69) is 40.0 Å². The van der Waals surface area contributed by atoms with Gasteiger partial charge in [-0.25, -0.2) is 4.98 Å². The molecule has 0 aliphatic carbocycles. The maximum atomic E-state index is 12.7. The summed E-state index contributed by atoms with van der Waals surface area (Å²) < 4.78 is 5.66. The minimum Gasteiger partial charge on any atom is -0.464 e. The lowest BCUT2D eigenvalue weighted by atomic mass is 10.1. The van der Waals surface area contributed by atoms with Crippen LogP contribution in [-0.4, -0.2) is 47.0 Å². The van der Waals surface area contributed by atoms with Crippen LogP contribution in [0.2, 0.25) is 0 Å². The highest BCUT2D eigenvalue weighted by molar-refractivity contribution is 5.88. The number of amides is 1. The van der Waals surface area contributed by atoms with Gasteiger partial charge in [0.15, 0.2) is 0 Å². The summed E-state index contributed by atoms with van der Waals surface area (Å²) in [6.45, 7) is 5.07. The van der Waals surface area contributed by atoms with E-state index in [4.69, 9.17) is 4.42 Å². The predicted molar refractivity (Wildman–Crippen MR) is 100 cm³/mol. The van der Waals surface area contributed by atoms with Crippen LogP contribution in [0, 0.1) is 0 Å². The van der Waals surface area contributed by atoms with Crippen LogP contribution in [0.25, 0.3) is 11.0 Å². The summed E-state index contributed by atoms with van der Waals surface area (Å²) in [5, 5.41) is 1.04. The Kier molecular flexibility index (Phi) is 4.56. The number of nitrogens with zero attached hydrogens (tertiary/aromatic N) is 4. The Morgan fingerprint density at radius 3 is 2.77 bits per heavy atom. The lowest BCUT2D eigenvalue weighted by molar-refractivity contribution is -0.130. The summed E-state index contributed by atoms with van der Waals surface area (Å²) in [5.41, 5.74) is 3.06. The third kappa shape index (κ3) is 3.27. The molecule has 1 aliphatic rings. The Bertz CT molecular complexity index is 899. The molecule has 1 saturated heterocycles. The van der Waals surface area contributed by atoms with Crippen LogP contribution in [0.15, 0.2) is 47.5 Å². The summed E-state index contributed by atoms with van der Waals surface area (Å²) >= 11 is 0. The van der Waals surface area contributed by atoms with E-state index in [0.717, 1.165) is 41.9 Å². The lowest BCUT2D eigenvalue weighted by Gasteiger charge is -2.35. The van der Waals surface area contributed by atoms with Crippen molar-refractivity contribution in [1.82, 2.24) is 14.9 Å². The SMILES string of the molecule is CCc1ccc2c(CC(=O)N3CCN(c4cnccn4)CC3)coc2c1. The molecule has 3 aromatic rings. The summed E-state index contributed by atoms with van der Waals surface area (Å²) in [6.07, 6.45) is 8.20. The van der Waals surface area contributed by atoms with Crippen molar-refractivity contribution in [1.29, 1.82) is 0 Å². The first-order valence-corrected chi connectivity index (χ1v) is 9.02. The second kappa shape index (κ2) is 7.15. The second-order valence-electron chi connectivity index (χ2n) is 6.55. The molecule has 26 heavy (non-hydrogen) atoms. The molecule has 6 heteroatoms. The number of furan rings is 1. The number of carbonyl (C=O) groups excluding carboxylic acids is 1. The average molecular weight is 350 g/mol. The van der Waals surface area contributed by atoms with Crippen LogP contribution in [0.4, 0.5) is 5.82 Å². The standard InChI is InChI=1S/C20H22N4O2/c1-2-15-3-4-17-16(14-26-18(17)11-15)12-20(25)24-9-7-23(8-10-24)19-13-21-5-6-22-19/h3-6,11,13-14H,2,7-10,12H2,1H3. The van der Waals surface area contributed by atoms with Crippen molar-refractivity contribution in [3.63, 3.8) is 0 Å². The van der Waals surface area contributed by atoms with E-state index >= 15 is 0 Å². The fraction of sp³-hybridized carbons (Fsp3) is 0.350. The fourth-order valence-electron chi connectivity index (χ4n) is 3.40. The number of fused-ring (bicyclic) bond motifs is 1. The van der Waals surface area contributed by atoms with Crippen LogP contribution in [0.5, 0.6) is 0 Å². The average Bonchev–Trinajstić information content (AvgIpc) is 3.10. The molecule has 1 amide bonds.